The van der Waals surface area contributed by atoms with Crippen molar-refractivity contribution < 1.29 is 0 Å². The Bertz CT molecular complexity index is 702. The molecule has 1 heterocycles. The summed E-state index contributed by atoms with van der Waals surface area (Å²) in [7, 11) is 0. The summed E-state index contributed by atoms with van der Waals surface area (Å²) in [6, 6.07) is 18.3. The molecule has 0 aliphatic rings. The van der Waals surface area contributed by atoms with Crippen molar-refractivity contribution in [3.05, 3.63) is 71.4 Å². The molecule has 0 aliphatic heterocycles. The summed E-state index contributed by atoms with van der Waals surface area (Å²) < 4.78 is 0. The van der Waals surface area contributed by atoms with E-state index >= 15 is 0 Å². The standard InChI is InChI=1S/C17H15ClN2/c18-15-7-5-13(6-8-15)9-11-19-17-16-4-2-1-3-14(16)10-12-20-17/h1-8,10,12H,9,11H2,(H,19,20). The van der Waals surface area contributed by atoms with Crippen molar-refractivity contribution in [2.45, 2.75) is 6.42 Å². The number of fused-ring (bicyclic) bond motifs is 1. The van der Waals surface area contributed by atoms with Gasteiger partial charge in [-0.1, -0.05) is 48.0 Å². The minimum Gasteiger partial charge on any atom is -0.369 e. The monoisotopic (exact) mass is 282 g/mol. The minimum absolute atomic E-state index is 0.775. The average molecular weight is 283 g/mol. The number of nitrogens with zero attached hydrogens (tertiary/aromatic N) is 1. The van der Waals surface area contributed by atoms with Crippen LogP contribution >= 0.6 is 11.6 Å². The smallest absolute Gasteiger partial charge is 0.133 e. The van der Waals surface area contributed by atoms with E-state index in [0.717, 1.165) is 29.2 Å². The second-order valence-electron chi connectivity index (χ2n) is 4.68. The fourth-order valence-corrected chi connectivity index (χ4v) is 2.36. The second kappa shape index (κ2) is 5.93. The van der Waals surface area contributed by atoms with E-state index < -0.39 is 0 Å². The molecular weight excluding hydrogens is 268 g/mol. The van der Waals surface area contributed by atoms with Crippen molar-refractivity contribution in [3.8, 4) is 0 Å². The third-order valence-electron chi connectivity index (χ3n) is 3.29. The number of anilines is 1. The molecule has 0 saturated heterocycles. The van der Waals surface area contributed by atoms with Gasteiger partial charge in [0.05, 0.1) is 0 Å². The molecule has 0 spiro atoms. The lowest BCUT2D eigenvalue weighted by molar-refractivity contribution is 1.01. The van der Waals surface area contributed by atoms with Crippen LogP contribution in [-0.2, 0) is 6.42 Å². The SMILES string of the molecule is Clc1ccc(CCNc2nccc3ccccc23)cc1. The molecule has 0 bridgehead atoms. The molecule has 0 radical (unpaired) electrons. The molecule has 100 valence electrons. The van der Waals surface area contributed by atoms with Gasteiger partial charge in [-0.3, -0.25) is 0 Å². The second-order valence-corrected chi connectivity index (χ2v) is 5.12. The molecule has 0 unspecified atom stereocenters. The van der Waals surface area contributed by atoms with Gasteiger partial charge in [0.2, 0.25) is 0 Å². The summed E-state index contributed by atoms with van der Waals surface area (Å²) >= 11 is 5.88. The molecule has 3 heteroatoms. The van der Waals surface area contributed by atoms with Crippen molar-refractivity contribution in [1.29, 1.82) is 0 Å². The maximum Gasteiger partial charge on any atom is 0.133 e. The maximum atomic E-state index is 5.88. The maximum absolute atomic E-state index is 5.88. The Morgan fingerprint density at radius 1 is 0.950 bits per heavy atom. The normalized spacial score (nSPS) is 10.7. The van der Waals surface area contributed by atoms with Crippen molar-refractivity contribution in [1.82, 2.24) is 4.98 Å². The van der Waals surface area contributed by atoms with Gasteiger partial charge >= 0.3 is 0 Å². The van der Waals surface area contributed by atoms with E-state index in [9.17, 15) is 0 Å². The van der Waals surface area contributed by atoms with Crippen LogP contribution in [0.4, 0.5) is 5.82 Å². The summed E-state index contributed by atoms with van der Waals surface area (Å²) in [4.78, 5) is 4.42. The summed E-state index contributed by atoms with van der Waals surface area (Å²) in [5.74, 6) is 0.942. The zero-order valence-corrected chi connectivity index (χ0v) is 11.8. The van der Waals surface area contributed by atoms with Gasteiger partial charge in [-0.2, -0.15) is 0 Å². The van der Waals surface area contributed by atoms with Gasteiger partial charge in [-0.15, -0.1) is 0 Å². The quantitative estimate of drug-likeness (QED) is 0.760. The fourth-order valence-electron chi connectivity index (χ4n) is 2.24. The third-order valence-corrected chi connectivity index (χ3v) is 3.54. The van der Waals surface area contributed by atoms with Crippen LogP contribution in [0, 0.1) is 0 Å². The Hall–Kier alpha value is -2.06. The first-order valence-electron chi connectivity index (χ1n) is 6.65. The van der Waals surface area contributed by atoms with Crippen molar-refractivity contribution in [2.24, 2.45) is 0 Å². The Morgan fingerprint density at radius 2 is 1.75 bits per heavy atom. The van der Waals surface area contributed by atoms with Gasteiger partial charge in [-0.25, -0.2) is 4.98 Å². The van der Waals surface area contributed by atoms with E-state index in [0.29, 0.717) is 0 Å². The van der Waals surface area contributed by atoms with E-state index in [1.54, 1.807) is 0 Å². The van der Waals surface area contributed by atoms with E-state index in [1.165, 1.54) is 10.9 Å². The zero-order chi connectivity index (χ0) is 13.8. The number of aromatic nitrogens is 1. The first-order valence-corrected chi connectivity index (χ1v) is 7.03. The number of rotatable bonds is 4. The number of hydrogen-bond donors (Lipinski definition) is 1. The van der Waals surface area contributed by atoms with Crippen LogP contribution in [0.5, 0.6) is 0 Å². The van der Waals surface area contributed by atoms with Crippen LogP contribution in [0.1, 0.15) is 5.56 Å². The average Bonchev–Trinajstić information content (AvgIpc) is 2.49. The topological polar surface area (TPSA) is 24.9 Å². The van der Waals surface area contributed by atoms with Gasteiger partial charge in [0, 0.05) is 23.2 Å². The van der Waals surface area contributed by atoms with Crippen molar-refractivity contribution in [3.63, 3.8) is 0 Å². The fraction of sp³-hybridized carbons (Fsp3) is 0.118. The van der Waals surface area contributed by atoms with Gasteiger partial charge in [0.1, 0.15) is 5.82 Å². The number of nitrogens with one attached hydrogen (secondary N) is 1. The summed E-state index contributed by atoms with van der Waals surface area (Å²) in [5.41, 5.74) is 1.27. The predicted molar refractivity (Wildman–Crippen MR) is 85.4 cm³/mol. The van der Waals surface area contributed by atoms with Crippen LogP contribution in [-0.4, -0.2) is 11.5 Å². The number of pyridine rings is 1. The lowest BCUT2D eigenvalue weighted by atomic mass is 10.1. The molecule has 3 rings (SSSR count). The van der Waals surface area contributed by atoms with Crippen LogP contribution in [0.2, 0.25) is 5.02 Å². The first-order chi connectivity index (χ1) is 9.83. The Balaban J connectivity index is 1.69. The molecule has 0 aliphatic carbocycles. The number of halogens is 1. The molecule has 3 aromatic rings. The first kappa shape index (κ1) is 12.9. The van der Waals surface area contributed by atoms with Gasteiger partial charge in [-0.05, 0) is 35.6 Å². The largest absolute Gasteiger partial charge is 0.369 e. The summed E-state index contributed by atoms with van der Waals surface area (Å²) in [5, 5.41) is 6.55. The molecule has 0 saturated carbocycles. The summed E-state index contributed by atoms with van der Waals surface area (Å²) in [6.45, 7) is 0.850. The van der Waals surface area contributed by atoms with Crippen LogP contribution in [0.3, 0.4) is 0 Å². The number of hydrogen-bond acceptors (Lipinski definition) is 2. The Labute approximate surface area is 123 Å². The van der Waals surface area contributed by atoms with E-state index in [-0.39, 0.29) is 0 Å². The molecule has 0 atom stereocenters. The van der Waals surface area contributed by atoms with E-state index in [1.807, 2.05) is 36.5 Å². The third kappa shape index (κ3) is 2.91. The highest BCUT2D eigenvalue weighted by atomic mass is 35.5. The lowest BCUT2D eigenvalue weighted by Crippen LogP contribution is -2.06. The highest BCUT2D eigenvalue weighted by Crippen LogP contribution is 2.20. The molecule has 2 nitrogen and oxygen atoms in total. The van der Waals surface area contributed by atoms with Crippen molar-refractivity contribution in [2.75, 3.05) is 11.9 Å². The van der Waals surface area contributed by atoms with Crippen LogP contribution in [0.25, 0.3) is 10.8 Å². The van der Waals surface area contributed by atoms with Gasteiger partial charge < -0.3 is 5.32 Å². The molecule has 2 aromatic carbocycles. The highest BCUT2D eigenvalue weighted by molar-refractivity contribution is 6.30. The van der Waals surface area contributed by atoms with Gasteiger partial charge in [0.25, 0.3) is 0 Å². The summed E-state index contributed by atoms with van der Waals surface area (Å²) in [6.07, 6.45) is 2.79. The Morgan fingerprint density at radius 3 is 2.60 bits per heavy atom. The Kier molecular flexibility index (Phi) is 3.84. The highest BCUT2D eigenvalue weighted by Gasteiger charge is 2.01. The molecule has 1 aromatic heterocycles. The van der Waals surface area contributed by atoms with E-state index in [4.69, 9.17) is 11.6 Å². The predicted octanol–water partition coefficient (Wildman–Crippen LogP) is 4.54. The van der Waals surface area contributed by atoms with E-state index in [2.05, 4.69) is 34.6 Å². The lowest BCUT2D eigenvalue weighted by Gasteiger charge is -2.08. The molecule has 0 amide bonds. The van der Waals surface area contributed by atoms with Crippen LogP contribution < -0.4 is 5.32 Å². The molecule has 1 N–H and O–H groups in total. The minimum atomic E-state index is 0.775. The molecular formula is C17H15ClN2. The molecule has 20 heavy (non-hydrogen) atoms. The zero-order valence-electron chi connectivity index (χ0n) is 11.0. The van der Waals surface area contributed by atoms with Crippen LogP contribution in [0.15, 0.2) is 60.8 Å². The van der Waals surface area contributed by atoms with Crippen molar-refractivity contribution >= 4 is 28.2 Å². The number of benzene rings is 2. The molecule has 0 fully saturated rings. The van der Waals surface area contributed by atoms with Gasteiger partial charge in [0.15, 0.2) is 0 Å².